The van der Waals surface area contributed by atoms with E-state index in [2.05, 4.69) is 17.7 Å². The SMILES string of the molecule is C=C.NCCOP(=O)(O)O. The molecule has 6 heteroatoms. The second-order valence-electron chi connectivity index (χ2n) is 1.11. The van der Waals surface area contributed by atoms with E-state index < -0.39 is 7.82 Å². The molecule has 5 nitrogen and oxygen atoms in total. The summed E-state index contributed by atoms with van der Waals surface area (Å²) in [6, 6.07) is 0. The summed E-state index contributed by atoms with van der Waals surface area (Å²) in [6.45, 7) is 6.01. The van der Waals surface area contributed by atoms with E-state index in [0.717, 1.165) is 0 Å². The number of hydrogen-bond acceptors (Lipinski definition) is 3. The van der Waals surface area contributed by atoms with Crippen LogP contribution in [0.3, 0.4) is 0 Å². The molecule has 0 aromatic carbocycles. The van der Waals surface area contributed by atoms with Crippen LogP contribution in [-0.2, 0) is 9.09 Å². The molecule has 0 amide bonds. The Labute approximate surface area is 59.7 Å². The van der Waals surface area contributed by atoms with E-state index in [9.17, 15) is 4.57 Å². The highest BCUT2D eigenvalue weighted by Gasteiger charge is 2.11. The molecule has 0 heterocycles. The third-order valence-corrected chi connectivity index (χ3v) is 0.896. The van der Waals surface area contributed by atoms with Crippen LogP contribution in [0, 0.1) is 0 Å². The van der Waals surface area contributed by atoms with Gasteiger partial charge in [0, 0.05) is 6.54 Å². The second kappa shape index (κ2) is 6.92. The van der Waals surface area contributed by atoms with Gasteiger partial charge in [-0.15, -0.1) is 13.2 Å². The molecular weight excluding hydrogens is 157 g/mol. The van der Waals surface area contributed by atoms with Gasteiger partial charge in [-0.1, -0.05) is 0 Å². The van der Waals surface area contributed by atoms with E-state index in [0.29, 0.717) is 0 Å². The van der Waals surface area contributed by atoms with Crippen LogP contribution < -0.4 is 5.73 Å². The van der Waals surface area contributed by atoms with Gasteiger partial charge in [0.15, 0.2) is 0 Å². The maximum absolute atomic E-state index is 9.81. The van der Waals surface area contributed by atoms with Crippen molar-refractivity contribution in [2.45, 2.75) is 0 Å². The first-order valence-electron chi connectivity index (χ1n) is 2.46. The van der Waals surface area contributed by atoms with Crippen molar-refractivity contribution in [2.75, 3.05) is 13.2 Å². The van der Waals surface area contributed by atoms with Crippen molar-refractivity contribution in [1.29, 1.82) is 0 Å². The average molecular weight is 169 g/mol. The molecule has 0 bridgehead atoms. The number of phosphoric acid groups is 1. The van der Waals surface area contributed by atoms with Gasteiger partial charge in [-0.2, -0.15) is 0 Å². The van der Waals surface area contributed by atoms with Gasteiger partial charge in [0.2, 0.25) is 0 Å². The molecule has 0 rings (SSSR count). The van der Waals surface area contributed by atoms with Crippen LogP contribution in [-0.4, -0.2) is 22.9 Å². The van der Waals surface area contributed by atoms with E-state index in [1.807, 2.05) is 0 Å². The van der Waals surface area contributed by atoms with E-state index in [-0.39, 0.29) is 13.2 Å². The summed E-state index contributed by atoms with van der Waals surface area (Å²) < 4.78 is 13.7. The van der Waals surface area contributed by atoms with Gasteiger partial charge in [0.25, 0.3) is 0 Å². The number of hydrogen-bond donors (Lipinski definition) is 3. The molecule has 0 saturated carbocycles. The topological polar surface area (TPSA) is 92.8 Å². The first kappa shape index (κ1) is 12.5. The lowest BCUT2D eigenvalue weighted by molar-refractivity contribution is 0.202. The van der Waals surface area contributed by atoms with E-state index in [4.69, 9.17) is 15.5 Å². The van der Waals surface area contributed by atoms with Crippen LogP contribution in [0.15, 0.2) is 13.2 Å². The maximum Gasteiger partial charge on any atom is 0.469 e. The summed E-state index contributed by atoms with van der Waals surface area (Å²) >= 11 is 0. The van der Waals surface area contributed by atoms with Gasteiger partial charge in [-0.3, -0.25) is 4.52 Å². The first-order chi connectivity index (χ1) is 4.56. The third-order valence-electron chi connectivity index (χ3n) is 0.377. The predicted octanol–water partition coefficient (Wildman–Crippen LogP) is -0.143. The van der Waals surface area contributed by atoms with Crippen LogP contribution in [0.1, 0.15) is 0 Å². The molecule has 0 fully saturated rings. The highest BCUT2D eigenvalue weighted by Crippen LogP contribution is 2.34. The standard InChI is InChI=1S/C2H8NO4P.C2H4/c3-1-2-7-8(4,5)6;1-2/h1-3H2,(H2,4,5,6);1-2H2. The normalized spacial score (nSPS) is 9.90. The molecule has 0 saturated heterocycles. The van der Waals surface area contributed by atoms with E-state index in [1.54, 1.807) is 0 Å². The molecule has 0 aliphatic carbocycles. The van der Waals surface area contributed by atoms with Crippen LogP contribution in [0.25, 0.3) is 0 Å². The van der Waals surface area contributed by atoms with Crippen LogP contribution in [0.2, 0.25) is 0 Å². The van der Waals surface area contributed by atoms with Gasteiger partial charge in [0.1, 0.15) is 0 Å². The molecule has 0 aliphatic heterocycles. The molecule has 10 heavy (non-hydrogen) atoms. The Bertz CT molecular complexity index is 112. The third kappa shape index (κ3) is 15.7. The molecule has 0 aliphatic rings. The molecule has 0 unspecified atom stereocenters. The van der Waals surface area contributed by atoms with Gasteiger partial charge >= 0.3 is 7.82 Å². The fourth-order valence-corrected chi connectivity index (χ4v) is 0.515. The number of phosphoric ester groups is 1. The summed E-state index contributed by atoms with van der Waals surface area (Å²) in [4.78, 5) is 16.0. The minimum atomic E-state index is -4.26. The largest absolute Gasteiger partial charge is 0.469 e. The molecule has 0 aromatic rings. The first-order valence-corrected chi connectivity index (χ1v) is 3.99. The van der Waals surface area contributed by atoms with Crippen molar-refractivity contribution in [3.8, 4) is 0 Å². The van der Waals surface area contributed by atoms with Crippen LogP contribution in [0.4, 0.5) is 0 Å². The molecular formula is C4H12NO4P. The molecule has 4 N–H and O–H groups in total. The predicted molar refractivity (Wildman–Crippen MR) is 38.3 cm³/mol. The Morgan fingerprint density at radius 1 is 1.50 bits per heavy atom. The lowest BCUT2D eigenvalue weighted by Gasteiger charge is -2.00. The minimum Gasteiger partial charge on any atom is -0.328 e. The van der Waals surface area contributed by atoms with Crippen LogP contribution >= 0.6 is 7.82 Å². The summed E-state index contributed by atoms with van der Waals surface area (Å²) in [5.41, 5.74) is 4.87. The quantitative estimate of drug-likeness (QED) is 0.403. The molecule has 0 spiro atoms. The van der Waals surface area contributed by atoms with Gasteiger partial charge < -0.3 is 15.5 Å². The van der Waals surface area contributed by atoms with Gasteiger partial charge in [-0.25, -0.2) is 4.57 Å². The fourth-order valence-electron chi connectivity index (χ4n) is 0.172. The lowest BCUT2D eigenvalue weighted by atomic mass is 10.8. The Morgan fingerprint density at radius 2 is 1.90 bits per heavy atom. The fraction of sp³-hybridized carbons (Fsp3) is 0.500. The summed E-state index contributed by atoms with van der Waals surface area (Å²) in [6.07, 6.45) is 0. The molecule has 0 atom stereocenters. The van der Waals surface area contributed by atoms with Crippen molar-refractivity contribution in [1.82, 2.24) is 0 Å². The van der Waals surface area contributed by atoms with Crippen molar-refractivity contribution < 1.29 is 18.9 Å². The Morgan fingerprint density at radius 3 is 2.00 bits per heavy atom. The Kier molecular flexibility index (Phi) is 8.64. The average Bonchev–Trinajstić information content (AvgIpc) is 1.87. The van der Waals surface area contributed by atoms with Gasteiger partial charge in [-0.05, 0) is 0 Å². The zero-order valence-electron chi connectivity index (χ0n) is 5.56. The summed E-state index contributed by atoms with van der Waals surface area (Å²) in [5.74, 6) is 0. The maximum atomic E-state index is 9.81. The smallest absolute Gasteiger partial charge is 0.328 e. The second-order valence-corrected chi connectivity index (χ2v) is 2.35. The zero-order chi connectivity index (χ0) is 8.62. The summed E-state index contributed by atoms with van der Waals surface area (Å²) in [7, 11) is -4.26. The van der Waals surface area contributed by atoms with Crippen molar-refractivity contribution >= 4 is 7.82 Å². The van der Waals surface area contributed by atoms with Crippen molar-refractivity contribution in [3.63, 3.8) is 0 Å². The molecule has 0 aromatic heterocycles. The van der Waals surface area contributed by atoms with Gasteiger partial charge in [0.05, 0.1) is 6.61 Å². The lowest BCUT2D eigenvalue weighted by Crippen LogP contribution is -2.06. The van der Waals surface area contributed by atoms with Crippen LogP contribution in [0.5, 0.6) is 0 Å². The highest BCUT2D eigenvalue weighted by molar-refractivity contribution is 7.46. The Balaban J connectivity index is 0. The minimum absolute atomic E-state index is 0.107. The monoisotopic (exact) mass is 169 g/mol. The van der Waals surface area contributed by atoms with Crippen molar-refractivity contribution in [3.05, 3.63) is 13.2 Å². The van der Waals surface area contributed by atoms with Crippen molar-refractivity contribution in [2.24, 2.45) is 5.73 Å². The zero-order valence-corrected chi connectivity index (χ0v) is 6.46. The van der Waals surface area contributed by atoms with E-state index >= 15 is 0 Å². The number of nitrogens with two attached hydrogens (primary N) is 1. The number of rotatable bonds is 3. The molecule has 62 valence electrons. The Hall–Kier alpha value is -0.190. The highest BCUT2D eigenvalue weighted by atomic mass is 31.2. The molecule has 0 radical (unpaired) electrons. The van der Waals surface area contributed by atoms with E-state index in [1.165, 1.54) is 0 Å². The summed E-state index contributed by atoms with van der Waals surface area (Å²) in [5, 5.41) is 0.